The lowest BCUT2D eigenvalue weighted by Gasteiger charge is -2.21. The smallest absolute Gasteiger partial charge is 0.0459 e. The van der Waals surface area contributed by atoms with Crippen LogP contribution in [0.4, 0.5) is 0 Å². The van der Waals surface area contributed by atoms with Crippen LogP contribution in [0.5, 0.6) is 0 Å². The zero-order valence-corrected chi connectivity index (χ0v) is 10.6. The van der Waals surface area contributed by atoms with E-state index < -0.39 is 0 Å². The van der Waals surface area contributed by atoms with E-state index in [9.17, 15) is 5.11 Å². The lowest BCUT2D eigenvalue weighted by molar-refractivity contribution is 0.189. The van der Waals surface area contributed by atoms with E-state index in [0.29, 0.717) is 24.5 Å². The van der Waals surface area contributed by atoms with E-state index in [2.05, 4.69) is 20.8 Å². The van der Waals surface area contributed by atoms with Gasteiger partial charge in [-0.2, -0.15) is 0 Å². The Morgan fingerprint density at radius 2 is 1.60 bits per heavy atom. The number of rotatable bonds is 8. The molecule has 0 aliphatic rings. The summed E-state index contributed by atoms with van der Waals surface area (Å²) in [4.78, 5) is 0. The third-order valence-electron chi connectivity index (χ3n) is 2.83. The average Bonchev–Trinajstić information content (AvgIpc) is 2.15. The third-order valence-corrected chi connectivity index (χ3v) is 2.83. The predicted molar refractivity (Wildman–Crippen MR) is 64.8 cm³/mol. The molecule has 2 N–H and O–H groups in total. The van der Waals surface area contributed by atoms with Gasteiger partial charge >= 0.3 is 0 Å². The monoisotopic (exact) mass is 216 g/mol. The van der Waals surface area contributed by atoms with Crippen molar-refractivity contribution in [3.63, 3.8) is 0 Å². The van der Waals surface area contributed by atoms with Gasteiger partial charge in [0.05, 0.1) is 0 Å². The summed E-state index contributed by atoms with van der Waals surface area (Å²) >= 11 is 0. The SMILES string of the molecule is CC(C)(C)CC[C@@H](CO)CCCCCO. The lowest BCUT2D eigenvalue weighted by atomic mass is 9.85. The van der Waals surface area contributed by atoms with Gasteiger partial charge in [0.25, 0.3) is 0 Å². The average molecular weight is 216 g/mol. The van der Waals surface area contributed by atoms with Gasteiger partial charge in [-0.05, 0) is 37.0 Å². The van der Waals surface area contributed by atoms with Gasteiger partial charge in [-0.3, -0.25) is 0 Å². The van der Waals surface area contributed by atoms with E-state index in [0.717, 1.165) is 32.1 Å². The van der Waals surface area contributed by atoms with Crippen molar-refractivity contribution in [2.45, 2.75) is 59.3 Å². The quantitative estimate of drug-likeness (QED) is 0.612. The van der Waals surface area contributed by atoms with Gasteiger partial charge in [0.1, 0.15) is 0 Å². The molecule has 0 bridgehead atoms. The van der Waals surface area contributed by atoms with Gasteiger partial charge in [0.15, 0.2) is 0 Å². The minimum atomic E-state index is 0.297. The summed E-state index contributed by atoms with van der Waals surface area (Å²) in [5, 5.41) is 17.9. The molecular formula is C13H28O2. The molecule has 1 atom stereocenters. The fraction of sp³-hybridized carbons (Fsp3) is 1.00. The molecule has 0 saturated carbocycles. The zero-order valence-electron chi connectivity index (χ0n) is 10.6. The van der Waals surface area contributed by atoms with Crippen molar-refractivity contribution >= 4 is 0 Å². The Morgan fingerprint density at radius 3 is 2.07 bits per heavy atom. The van der Waals surface area contributed by atoms with Crippen LogP contribution in [0.3, 0.4) is 0 Å². The van der Waals surface area contributed by atoms with Gasteiger partial charge in [0.2, 0.25) is 0 Å². The highest BCUT2D eigenvalue weighted by Gasteiger charge is 2.14. The molecule has 92 valence electrons. The van der Waals surface area contributed by atoms with E-state index in [1.54, 1.807) is 0 Å². The molecule has 0 radical (unpaired) electrons. The first-order valence-electron chi connectivity index (χ1n) is 6.21. The molecule has 0 aliphatic carbocycles. The molecule has 0 aromatic carbocycles. The highest BCUT2D eigenvalue weighted by atomic mass is 16.3. The topological polar surface area (TPSA) is 40.5 Å². The lowest BCUT2D eigenvalue weighted by Crippen LogP contribution is -2.12. The van der Waals surface area contributed by atoms with Gasteiger partial charge < -0.3 is 10.2 Å². The number of aliphatic hydroxyl groups excluding tert-OH is 2. The molecule has 15 heavy (non-hydrogen) atoms. The maximum atomic E-state index is 9.23. The molecule has 0 spiro atoms. The number of hydrogen-bond acceptors (Lipinski definition) is 2. The molecule has 0 aliphatic heterocycles. The Labute approximate surface area is 94.7 Å². The Bertz CT molecular complexity index is 138. The fourth-order valence-electron chi connectivity index (χ4n) is 1.69. The first-order valence-corrected chi connectivity index (χ1v) is 6.21. The minimum Gasteiger partial charge on any atom is -0.396 e. The first kappa shape index (κ1) is 14.9. The number of unbranched alkanes of at least 4 members (excludes halogenated alkanes) is 2. The third kappa shape index (κ3) is 10.2. The van der Waals surface area contributed by atoms with Crippen LogP contribution < -0.4 is 0 Å². The van der Waals surface area contributed by atoms with Crippen molar-refractivity contribution in [3.05, 3.63) is 0 Å². The highest BCUT2D eigenvalue weighted by molar-refractivity contribution is 4.66. The van der Waals surface area contributed by atoms with Crippen LogP contribution in [-0.2, 0) is 0 Å². The van der Waals surface area contributed by atoms with Crippen LogP contribution in [0.2, 0.25) is 0 Å². The highest BCUT2D eigenvalue weighted by Crippen LogP contribution is 2.25. The largest absolute Gasteiger partial charge is 0.396 e. The van der Waals surface area contributed by atoms with E-state index in [-0.39, 0.29) is 0 Å². The van der Waals surface area contributed by atoms with Crippen LogP contribution in [0.15, 0.2) is 0 Å². The Hall–Kier alpha value is -0.0800. The Kier molecular flexibility index (Phi) is 8.07. The number of hydrogen-bond donors (Lipinski definition) is 2. The van der Waals surface area contributed by atoms with E-state index in [1.165, 1.54) is 6.42 Å². The second kappa shape index (κ2) is 8.12. The van der Waals surface area contributed by atoms with E-state index in [4.69, 9.17) is 5.11 Å². The summed E-state index contributed by atoms with van der Waals surface area (Å²) in [5.41, 5.74) is 0.374. The van der Waals surface area contributed by atoms with Crippen molar-refractivity contribution in [2.24, 2.45) is 11.3 Å². The normalized spacial score (nSPS) is 14.2. The van der Waals surface area contributed by atoms with Crippen molar-refractivity contribution < 1.29 is 10.2 Å². The molecule has 0 saturated heterocycles. The van der Waals surface area contributed by atoms with Gasteiger partial charge in [-0.1, -0.05) is 33.6 Å². The van der Waals surface area contributed by atoms with Crippen LogP contribution in [0, 0.1) is 11.3 Å². The molecule has 0 fully saturated rings. The predicted octanol–water partition coefficient (Wildman–Crippen LogP) is 2.97. The zero-order chi connectivity index (χ0) is 11.7. The maximum absolute atomic E-state index is 9.23. The Morgan fingerprint density at radius 1 is 0.933 bits per heavy atom. The van der Waals surface area contributed by atoms with Gasteiger partial charge in [-0.15, -0.1) is 0 Å². The molecule has 2 nitrogen and oxygen atoms in total. The summed E-state index contributed by atoms with van der Waals surface area (Å²) in [5.74, 6) is 0.461. The standard InChI is InChI=1S/C13H28O2/c1-13(2,3)9-8-12(11-15)7-5-4-6-10-14/h12,14-15H,4-11H2,1-3H3/t12-/m0/s1. The molecule has 0 heterocycles. The molecular weight excluding hydrogens is 188 g/mol. The van der Waals surface area contributed by atoms with E-state index in [1.807, 2.05) is 0 Å². The molecule has 0 rings (SSSR count). The first-order chi connectivity index (χ1) is 6.99. The second-order valence-corrected chi connectivity index (χ2v) is 5.72. The Balaban J connectivity index is 3.55. The molecule has 0 aromatic rings. The van der Waals surface area contributed by atoms with Crippen LogP contribution in [0.1, 0.15) is 59.3 Å². The summed E-state index contributed by atoms with van der Waals surface area (Å²) in [6, 6.07) is 0. The number of aliphatic hydroxyl groups is 2. The van der Waals surface area contributed by atoms with Crippen LogP contribution >= 0.6 is 0 Å². The van der Waals surface area contributed by atoms with Crippen LogP contribution in [-0.4, -0.2) is 23.4 Å². The summed E-state index contributed by atoms with van der Waals surface area (Å²) < 4.78 is 0. The molecule has 0 aromatic heterocycles. The van der Waals surface area contributed by atoms with E-state index >= 15 is 0 Å². The summed E-state index contributed by atoms with van der Waals surface area (Å²) in [6.07, 6.45) is 6.53. The van der Waals surface area contributed by atoms with Gasteiger partial charge in [0, 0.05) is 13.2 Å². The molecule has 0 unspecified atom stereocenters. The summed E-state index contributed by atoms with van der Waals surface area (Å²) in [6.45, 7) is 7.34. The summed E-state index contributed by atoms with van der Waals surface area (Å²) in [7, 11) is 0. The van der Waals surface area contributed by atoms with Crippen molar-refractivity contribution in [3.8, 4) is 0 Å². The molecule has 0 amide bonds. The minimum absolute atomic E-state index is 0.297. The van der Waals surface area contributed by atoms with Crippen molar-refractivity contribution in [1.29, 1.82) is 0 Å². The van der Waals surface area contributed by atoms with Crippen molar-refractivity contribution in [2.75, 3.05) is 13.2 Å². The fourth-order valence-corrected chi connectivity index (χ4v) is 1.69. The van der Waals surface area contributed by atoms with Crippen molar-refractivity contribution in [1.82, 2.24) is 0 Å². The second-order valence-electron chi connectivity index (χ2n) is 5.72. The van der Waals surface area contributed by atoms with Crippen LogP contribution in [0.25, 0.3) is 0 Å². The van der Waals surface area contributed by atoms with Gasteiger partial charge in [-0.25, -0.2) is 0 Å². The maximum Gasteiger partial charge on any atom is 0.0459 e. The molecule has 2 heteroatoms.